The van der Waals surface area contributed by atoms with Gasteiger partial charge in [0.1, 0.15) is 11.1 Å². The van der Waals surface area contributed by atoms with Crippen LogP contribution in [0.25, 0.3) is 0 Å². The Labute approximate surface area is 154 Å². The number of amides is 2. The van der Waals surface area contributed by atoms with Crippen LogP contribution in [0.2, 0.25) is 0 Å². The lowest BCUT2D eigenvalue weighted by molar-refractivity contribution is -0.0198. The van der Waals surface area contributed by atoms with Gasteiger partial charge in [-0.25, -0.2) is 9.59 Å². The molecule has 0 radical (unpaired) electrons. The van der Waals surface area contributed by atoms with Crippen molar-refractivity contribution in [3.05, 3.63) is 11.8 Å². The highest BCUT2D eigenvalue weighted by Crippen LogP contribution is 2.53. The highest BCUT2D eigenvalue weighted by atomic mass is 16.6. The lowest BCUT2D eigenvalue weighted by Gasteiger charge is -2.44. The molecule has 0 N–H and O–H groups in total. The monoisotopic (exact) mass is 360 g/mol. The van der Waals surface area contributed by atoms with Crippen LogP contribution in [-0.4, -0.2) is 51.8 Å². The summed E-state index contributed by atoms with van der Waals surface area (Å²) in [4.78, 5) is 29.0. The zero-order valence-corrected chi connectivity index (χ0v) is 15.6. The van der Waals surface area contributed by atoms with Crippen LogP contribution in [0.4, 0.5) is 9.59 Å². The van der Waals surface area contributed by atoms with Crippen molar-refractivity contribution in [3.63, 3.8) is 0 Å². The zero-order valence-electron chi connectivity index (χ0n) is 15.6. The van der Waals surface area contributed by atoms with Crippen molar-refractivity contribution in [3.8, 4) is 0 Å². The number of rotatable bonds is 0. The fourth-order valence-electron chi connectivity index (χ4n) is 6.01. The van der Waals surface area contributed by atoms with E-state index in [1.807, 2.05) is 4.90 Å². The van der Waals surface area contributed by atoms with E-state index in [0.29, 0.717) is 13.1 Å². The van der Waals surface area contributed by atoms with E-state index >= 15 is 0 Å². The molecule has 3 heterocycles. The fraction of sp³-hybridized carbons (Fsp3) is 0.800. The Bertz CT molecular complexity index is 675. The molecule has 0 unspecified atom stereocenters. The van der Waals surface area contributed by atoms with Crippen molar-refractivity contribution in [2.24, 2.45) is 0 Å². The molecule has 0 aromatic carbocycles. The van der Waals surface area contributed by atoms with Crippen LogP contribution in [0.3, 0.4) is 0 Å². The molecule has 0 aromatic heterocycles. The van der Waals surface area contributed by atoms with Crippen molar-refractivity contribution in [2.75, 3.05) is 13.1 Å². The molecule has 2 amide bonds. The van der Waals surface area contributed by atoms with Crippen LogP contribution in [0.15, 0.2) is 11.8 Å². The standard InChI is InChI=1S/C20H28N2O4/c1-18-14-15-19(8-4-2-5-9-19)25-16(23)21(15)12-13-22(18)17(24)26-20(18)10-6-3-7-11-20/h14H,2-13H2,1H3/t18-/m0/s1. The summed E-state index contributed by atoms with van der Waals surface area (Å²) in [7, 11) is 0. The molecule has 26 heavy (non-hydrogen) atoms. The van der Waals surface area contributed by atoms with Gasteiger partial charge in [-0.3, -0.25) is 9.80 Å². The van der Waals surface area contributed by atoms with E-state index < -0.39 is 16.7 Å². The predicted octanol–water partition coefficient (Wildman–Crippen LogP) is 3.95. The molecule has 142 valence electrons. The van der Waals surface area contributed by atoms with Crippen LogP contribution >= 0.6 is 0 Å². The van der Waals surface area contributed by atoms with Gasteiger partial charge in [0.25, 0.3) is 0 Å². The van der Waals surface area contributed by atoms with Crippen molar-refractivity contribution in [1.82, 2.24) is 9.80 Å². The van der Waals surface area contributed by atoms with Crippen LogP contribution in [0, 0.1) is 0 Å². The molecule has 3 aliphatic heterocycles. The Hall–Kier alpha value is -1.72. The fourth-order valence-corrected chi connectivity index (χ4v) is 6.01. The maximum atomic E-state index is 12.7. The van der Waals surface area contributed by atoms with Gasteiger partial charge in [-0.2, -0.15) is 0 Å². The summed E-state index contributed by atoms with van der Waals surface area (Å²) in [5, 5.41) is 0. The molecule has 4 fully saturated rings. The quantitative estimate of drug-likeness (QED) is 0.656. The Morgan fingerprint density at radius 3 is 2.19 bits per heavy atom. The normalized spacial score (nSPS) is 34.9. The van der Waals surface area contributed by atoms with Gasteiger partial charge in [0.05, 0.1) is 5.70 Å². The van der Waals surface area contributed by atoms with Crippen LogP contribution < -0.4 is 0 Å². The van der Waals surface area contributed by atoms with Gasteiger partial charge in [-0.15, -0.1) is 0 Å². The minimum absolute atomic E-state index is 0.224. The average molecular weight is 360 g/mol. The van der Waals surface area contributed by atoms with Gasteiger partial charge in [0.2, 0.25) is 0 Å². The Balaban J connectivity index is 1.64. The molecule has 5 aliphatic rings. The van der Waals surface area contributed by atoms with Gasteiger partial charge in [0.15, 0.2) is 5.60 Å². The van der Waals surface area contributed by atoms with Crippen LogP contribution in [-0.2, 0) is 9.47 Å². The molecule has 6 heteroatoms. The average Bonchev–Trinajstić information content (AvgIpc) is 2.89. The predicted molar refractivity (Wildman–Crippen MR) is 94.5 cm³/mol. The van der Waals surface area contributed by atoms with Crippen molar-refractivity contribution >= 4 is 12.2 Å². The molecular weight excluding hydrogens is 332 g/mol. The first-order valence-corrected chi connectivity index (χ1v) is 10.2. The summed E-state index contributed by atoms with van der Waals surface area (Å²) in [6.07, 6.45) is 12.0. The first kappa shape index (κ1) is 16.5. The summed E-state index contributed by atoms with van der Waals surface area (Å²) in [6.45, 7) is 3.13. The molecule has 2 saturated carbocycles. The lowest BCUT2D eigenvalue weighted by atomic mass is 9.70. The van der Waals surface area contributed by atoms with Crippen molar-refractivity contribution in [2.45, 2.75) is 87.9 Å². The van der Waals surface area contributed by atoms with E-state index in [9.17, 15) is 9.59 Å². The van der Waals surface area contributed by atoms with E-state index in [1.54, 1.807) is 4.90 Å². The lowest BCUT2D eigenvalue weighted by Crippen LogP contribution is -2.56. The Morgan fingerprint density at radius 1 is 0.846 bits per heavy atom. The molecule has 0 aromatic rings. The number of fused-ring (bicyclic) bond motifs is 4. The molecule has 2 saturated heterocycles. The third-order valence-corrected chi connectivity index (χ3v) is 7.53. The number of carbonyl (C=O) groups excluding carboxylic acids is 2. The summed E-state index contributed by atoms with van der Waals surface area (Å²) < 4.78 is 12.0. The molecule has 0 bridgehead atoms. The van der Waals surface area contributed by atoms with Gasteiger partial charge in [-0.05, 0) is 64.4 Å². The van der Waals surface area contributed by atoms with Gasteiger partial charge >= 0.3 is 12.2 Å². The summed E-state index contributed by atoms with van der Waals surface area (Å²) in [5.74, 6) is 0. The highest BCUT2D eigenvalue weighted by Gasteiger charge is 2.64. The second-order valence-electron chi connectivity index (χ2n) is 8.83. The Kier molecular flexibility index (Phi) is 3.41. The van der Waals surface area contributed by atoms with Crippen LogP contribution in [0.1, 0.15) is 71.1 Å². The molecule has 5 rings (SSSR count). The largest absolute Gasteiger partial charge is 0.440 e. The highest BCUT2D eigenvalue weighted by molar-refractivity contribution is 5.78. The Morgan fingerprint density at radius 2 is 1.50 bits per heavy atom. The third kappa shape index (κ3) is 1.99. The van der Waals surface area contributed by atoms with E-state index in [1.165, 1.54) is 12.8 Å². The second-order valence-corrected chi connectivity index (χ2v) is 8.83. The zero-order chi connectivity index (χ0) is 18.0. The molecule has 2 spiro atoms. The summed E-state index contributed by atoms with van der Waals surface area (Å²) >= 11 is 0. The van der Waals surface area contributed by atoms with Gasteiger partial charge in [0, 0.05) is 13.1 Å². The number of carbonyl (C=O) groups is 2. The van der Waals surface area contributed by atoms with Crippen molar-refractivity contribution < 1.29 is 19.1 Å². The molecular formula is C20H28N2O4. The maximum absolute atomic E-state index is 12.7. The van der Waals surface area contributed by atoms with Gasteiger partial charge < -0.3 is 9.47 Å². The van der Waals surface area contributed by atoms with Gasteiger partial charge in [-0.1, -0.05) is 12.8 Å². The van der Waals surface area contributed by atoms with E-state index in [-0.39, 0.29) is 12.2 Å². The number of nitrogens with zero attached hydrogens (tertiary/aromatic N) is 2. The van der Waals surface area contributed by atoms with E-state index in [4.69, 9.17) is 9.47 Å². The van der Waals surface area contributed by atoms with Crippen LogP contribution in [0.5, 0.6) is 0 Å². The molecule has 1 atom stereocenters. The smallest absolute Gasteiger partial charge is 0.415 e. The maximum Gasteiger partial charge on any atom is 0.415 e. The molecule has 6 nitrogen and oxygen atoms in total. The first-order valence-electron chi connectivity index (χ1n) is 10.2. The van der Waals surface area contributed by atoms with E-state index in [0.717, 1.165) is 57.1 Å². The second kappa shape index (κ2) is 5.40. The van der Waals surface area contributed by atoms with E-state index in [2.05, 4.69) is 13.0 Å². The van der Waals surface area contributed by atoms with Crippen molar-refractivity contribution in [1.29, 1.82) is 0 Å². The minimum Gasteiger partial charge on any atom is -0.440 e. The minimum atomic E-state index is -0.507. The SMILES string of the molecule is C[C@@]12C=C3N(CCN1C(=O)OC21CCCCC1)C(=O)OC31CCCCC1. The summed E-state index contributed by atoms with van der Waals surface area (Å²) in [5.41, 5.74) is -0.467. The third-order valence-electron chi connectivity index (χ3n) is 7.53. The molecule has 2 aliphatic carbocycles. The number of ether oxygens (including phenoxy) is 2. The first-order chi connectivity index (χ1) is 12.5. The summed E-state index contributed by atoms with van der Waals surface area (Å²) in [6, 6.07) is 0. The topological polar surface area (TPSA) is 59.1 Å². The number of hydrogen-bond donors (Lipinski definition) is 0. The number of hydrogen-bond acceptors (Lipinski definition) is 4.